The van der Waals surface area contributed by atoms with Crippen LogP contribution in [0.25, 0.3) is 10.4 Å². The van der Waals surface area contributed by atoms with E-state index < -0.39 is 6.09 Å². The van der Waals surface area contributed by atoms with Crippen molar-refractivity contribution in [1.82, 2.24) is 10.2 Å². The van der Waals surface area contributed by atoms with Crippen LogP contribution < -0.4 is 5.32 Å². The third-order valence-electron chi connectivity index (χ3n) is 3.77. The Morgan fingerprint density at radius 2 is 2.08 bits per heavy atom. The lowest BCUT2D eigenvalue weighted by atomic mass is 10.1. The number of carbonyl (C=O) groups excluding carboxylic acids is 2. The molecule has 2 N–H and O–H groups in total. The van der Waals surface area contributed by atoms with Crippen molar-refractivity contribution in [3.05, 3.63) is 46.8 Å². The lowest BCUT2D eigenvalue weighted by Crippen LogP contribution is -2.25. The van der Waals surface area contributed by atoms with Gasteiger partial charge in [-0.2, -0.15) is 0 Å². The van der Waals surface area contributed by atoms with Gasteiger partial charge in [0.15, 0.2) is 0 Å². The summed E-state index contributed by atoms with van der Waals surface area (Å²) in [5.41, 5.74) is 1.92. The summed E-state index contributed by atoms with van der Waals surface area (Å²) in [7, 11) is 1.53. The van der Waals surface area contributed by atoms with Gasteiger partial charge in [-0.25, -0.2) is 4.79 Å². The zero-order chi connectivity index (χ0) is 18.0. The first-order valence-corrected chi connectivity index (χ1v) is 9.25. The van der Waals surface area contributed by atoms with E-state index in [1.54, 1.807) is 11.3 Å². The first-order chi connectivity index (χ1) is 11.9. The van der Waals surface area contributed by atoms with Gasteiger partial charge in [0.2, 0.25) is 5.91 Å². The summed E-state index contributed by atoms with van der Waals surface area (Å²) in [5.74, 6) is -0.233. The van der Waals surface area contributed by atoms with Crippen molar-refractivity contribution >= 4 is 40.3 Å². The van der Waals surface area contributed by atoms with Crippen LogP contribution in [0.1, 0.15) is 10.4 Å². The molecule has 1 atom stereocenters. The summed E-state index contributed by atoms with van der Waals surface area (Å²) < 4.78 is 0. The second-order valence-corrected chi connectivity index (χ2v) is 8.04. The topological polar surface area (TPSA) is 86.7 Å². The number of amides is 3. The highest BCUT2D eigenvalue weighted by Gasteiger charge is 2.31. The van der Waals surface area contributed by atoms with Gasteiger partial charge in [0.25, 0.3) is 5.24 Å². The van der Waals surface area contributed by atoms with Crippen molar-refractivity contribution < 1.29 is 19.5 Å². The minimum atomic E-state index is -0.967. The molecule has 0 saturated carbocycles. The maximum atomic E-state index is 11.7. The lowest BCUT2D eigenvalue weighted by Gasteiger charge is -2.13. The molecule has 0 spiro atoms. The molecule has 130 valence electrons. The third-order valence-corrected chi connectivity index (χ3v) is 5.91. The zero-order valence-corrected chi connectivity index (χ0v) is 15.0. The molecule has 6 nitrogen and oxygen atoms in total. The SMILES string of the molecule is CN(Cc1cccc(-c2ccc(CC3SC(=O)NC3=O)s2)c1)C(=O)O. The second-order valence-electron chi connectivity index (χ2n) is 5.69. The van der Waals surface area contributed by atoms with E-state index in [4.69, 9.17) is 5.11 Å². The van der Waals surface area contributed by atoms with Gasteiger partial charge < -0.3 is 10.0 Å². The Kier molecular flexibility index (Phi) is 5.10. The molecule has 3 rings (SSSR count). The fraction of sp³-hybridized carbons (Fsp3) is 0.235. The number of rotatable bonds is 5. The van der Waals surface area contributed by atoms with Crippen molar-refractivity contribution in [3.8, 4) is 10.4 Å². The normalized spacial score (nSPS) is 16.8. The lowest BCUT2D eigenvalue weighted by molar-refractivity contribution is -0.118. The monoisotopic (exact) mass is 376 g/mol. The number of carbonyl (C=O) groups is 3. The highest BCUT2D eigenvalue weighted by molar-refractivity contribution is 8.15. The molecule has 1 aliphatic heterocycles. The number of thiophene rings is 1. The molecule has 1 fully saturated rings. The third kappa shape index (κ3) is 4.21. The van der Waals surface area contributed by atoms with E-state index in [0.29, 0.717) is 13.0 Å². The Bertz CT molecular complexity index is 834. The van der Waals surface area contributed by atoms with Gasteiger partial charge in [-0.1, -0.05) is 30.0 Å². The zero-order valence-electron chi connectivity index (χ0n) is 13.4. The minimum absolute atomic E-state index is 0.233. The van der Waals surface area contributed by atoms with Crippen molar-refractivity contribution in [3.63, 3.8) is 0 Å². The minimum Gasteiger partial charge on any atom is -0.465 e. The molecule has 0 bridgehead atoms. The van der Waals surface area contributed by atoms with Gasteiger partial charge in [0.05, 0.1) is 5.25 Å². The molecule has 0 radical (unpaired) electrons. The van der Waals surface area contributed by atoms with E-state index >= 15 is 0 Å². The Morgan fingerprint density at radius 1 is 1.28 bits per heavy atom. The number of carboxylic acid groups (broad SMARTS) is 1. The summed E-state index contributed by atoms with van der Waals surface area (Å²) in [5, 5.41) is 10.6. The fourth-order valence-electron chi connectivity index (χ4n) is 2.52. The number of thioether (sulfide) groups is 1. The fourth-order valence-corrected chi connectivity index (χ4v) is 4.52. The van der Waals surface area contributed by atoms with Gasteiger partial charge in [-0.15, -0.1) is 11.3 Å². The van der Waals surface area contributed by atoms with E-state index in [2.05, 4.69) is 5.32 Å². The maximum absolute atomic E-state index is 11.7. The van der Waals surface area contributed by atoms with Gasteiger partial charge in [0.1, 0.15) is 0 Å². The summed E-state index contributed by atoms with van der Waals surface area (Å²) in [6.45, 7) is 0.322. The molecule has 1 saturated heterocycles. The molecule has 25 heavy (non-hydrogen) atoms. The van der Waals surface area contributed by atoms with Crippen LogP contribution in [-0.4, -0.2) is 39.5 Å². The first kappa shape index (κ1) is 17.5. The first-order valence-electron chi connectivity index (χ1n) is 7.56. The van der Waals surface area contributed by atoms with Crippen molar-refractivity contribution in [2.24, 2.45) is 0 Å². The van der Waals surface area contributed by atoms with Crippen LogP contribution in [-0.2, 0) is 17.8 Å². The van der Waals surface area contributed by atoms with E-state index in [0.717, 1.165) is 32.6 Å². The van der Waals surface area contributed by atoms with Gasteiger partial charge in [-0.3, -0.25) is 14.9 Å². The molecule has 1 aromatic heterocycles. The van der Waals surface area contributed by atoms with E-state index in [9.17, 15) is 14.4 Å². The van der Waals surface area contributed by atoms with E-state index in [1.165, 1.54) is 11.9 Å². The molecule has 1 aromatic carbocycles. The predicted molar refractivity (Wildman–Crippen MR) is 97.9 cm³/mol. The van der Waals surface area contributed by atoms with Gasteiger partial charge >= 0.3 is 6.09 Å². The molecule has 0 aliphatic carbocycles. The average molecular weight is 376 g/mol. The Labute approximate surface area is 152 Å². The van der Waals surface area contributed by atoms with Crippen LogP contribution in [0.2, 0.25) is 0 Å². The summed E-state index contributed by atoms with van der Waals surface area (Å²) in [6, 6.07) is 11.7. The van der Waals surface area contributed by atoms with Crippen LogP contribution in [0.4, 0.5) is 9.59 Å². The largest absolute Gasteiger partial charge is 0.465 e. The molecule has 1 aliphatic rings. The van der Waals surface area contributed by atoms with Crippen molar-refractivity contribution in [1.29, 1.82) is 0 Å². The Hall–Kier alpha value is -2.32. The molecule has 1 unspecified atom stereocenters. The van der Waals surface area contributed by atoms with Crippen molar-refractivity contribution in [2.75, 3.05) is 7.05 Å². The quantitative estimate of drug-likeness (QED) is 0.835. The molecule has 8 heteroatoms. The molecule has 2 heterocycles. The van der Waals surface area contributed by atoms with Gasteiger partial charge in [-0.05, 0) is 29.3 Å². The van der Waals surface area contributed by atoms with Crippen LogP contribution in [0.3, 0.4) is 0 Å². The second kappa shape index (κ2) is 7.28. The highest BCUT2D eigenvalue weighted by atomic mass is 32.2. The average Bonchev–Trinajstić information content (AvgIpc) is 3.14. The number of benzene rings is 1. The maximum Gasteiger partial charge on any atom is 0.407 e. The predicted octanol–water partition coefficient (Wildman–Crippen LogP) is 3.42. The Balaban J connectivity index is 1.73. The molecule has 3 amide bonds. The summed E-state index contributed by atoms with van der Waals surface area (Å²) in [4.78, 5) is 37.2. The number of nitrogens with zero attached hydrogens (tertiary/aromatic N) is 1. The standard InChI is InChI=1S/C17H16N2O4S2/c1-19(17(22)23)9-10-3-2-4-11(7-10)13-6-5-12(24-13)8-14-15(20)18-16(21)25-14/h2-7,14H,8-9H2,1H3,(H,22,23)(H,18,20,21). The van der Waals surface area contributed by atoms with E-state index in [-0.39, 0.29) is 16.4 Å². The Morgan fingerprint density at radius 3 is 2.76 bits per heavy atom. The summed E-state index contributed by atoms with van der Waals surface area (Å²) >= 11 is 2.61. The van der Waals surface area contributed by atoms with Crippen LogP contribution in [0.15, 0.2) is 36.4 Å². The van der Waals surface area contributed by atoms with Crippen LogP contribution in [0, 0.1) is 0 Å². The van der Waals surface area contributed by atoms with Crippen LogP contribution >= 0.6 is 23.1 Å². The van der Waals surface area contributed by atoms with Crippen molar-refractivity contribution in [2.45, 2.75) is 18.2 Å². The number of nitrogens with one attached hydrogen (secondary N) is 1. The van der Waals surface area contributed by atoms with E-state index in [1.807, 2.05) is 36.4 Å². The smallest absolute Gasteiger partial charge is 0.407 e. The summed E-state index contributed by atoms with van der Waals surface area (Å²) in [6.07, 6.45) is -0.445. The number of imide groups is 1. The van der Waals surface area contributed by atoms with Crippen LogP contribution in [0.5, 0.6) is 0 Å². The number of hydrogen-bond acceptors (Lipinski definition) is 5. The highest BCUT2D eigenvalue weighted by Crippen LogP contribution is 2.32. The number of hydrogen-bond donors (Lipinski definition) is 2. The molecule has 2 aromatic rings. The molecular formula is C17H16N2O4S2. The van der Waals surface area contributed by atoms with Gasteiger partial charge in [0, 0.05) is 29.8 Å². The molecular weight excluding hydrogens is 360 g/mol.